The van der Waals surface area contributed by atoms with Crippen molar-refractivity contribution < 1.29 is 14.0 Å². The number of halogens is 1. The Morgan fingerprint density at radius 3 is 2.45 bits per heavy atom. The first-order chi connectivity index (χ1) is 14.1. The van der Waals surface area contributed by atoms with Crippen LogP contribution < -0.4 is 0 Å². The lowest BCUT2D eigenvalue weighted by atomic mass is 9.94. The quantitative estimate of drug-likeness (QED) is 0.771. The zero-order chi connectivity index (χ0) is 20.2. The maximum Gasteiger partial charge on any atom is 0.253 e. The number of hydrogen-bond donors (Lipinski definition) is 0. The fourth-order valence-corrected chi connectivity index (χ4v) is 4.55. The smallest absolute Gasteiger partial charge is 0.253 e. The first kappa shape index (κ1) is 19.6. The minimum atomic E-state index is -0.236. The number of amides is 2. The number of rotatable bonds is 5. The molecule has 152 valence electrons. The molecule has 2 aromatic rings. The lowest BCUT2D eigenvalue weighted by Gasteiger charge is -2.36. The van der Waals surface area contributed by atoms with Gasteiger partial charge in [-0.15, -0.1) is 0 Å². The van der Waals surface area contributed by atoms with E-state index < -0.39 is 0 Å². The standard InChI is InChI=1S/C24H27FN2O2/c25-21-12-9-18(10-13-21)5-4-8-23(28)27-16-19-11-14-22(27)17-26(15-19)24(29)20-6-2-1-3-7-20/h1-3,6-7,9-10,12-13,19,22H,4-5,8,11,14-17H2/t19-,22+/m0/s1. The molecule has 29 heavy (non-hydrogen) atoms. The van der Waals surface area contributed by atoms with E-state index in [-0.39, 0.29) is 23.7 Å². The van der Waals surface area contributed by atoms with Crippen molar-refractivity contribution in [3.05, 3.63) is 71.5 Å². The monoisotopic (exact) mass is 394 g/mol. The Bertz CT molecular complexity index is 853. The molecule has 3 aliphatic rings. The molecule has 0 radical (unpaired) electrons. The molecule has 5 heteroatoms. The number of aryl methyl sites for hydroxylation is 1. The van der Waals surface area contributed by atoms with Gasteiger partial charge >= 0.3 is 0 Å². The summed E-state index contributed by atoms with van der Waals surface area (Å²) in [5.41, 5.74) is 1.77. The molecule has 2 bridgehead atoms. The minimum absolute atomic E-state index is 0.0631. The van der Waals surface area contributed by atoms with Gasteiger partial charge in [-0.1, -0.05) is 30.3 Å². The molecule has 3 fully saturated rings. The first-order valence-electron chi connectivity index (χ1n) is 10.5. The third-order valence-corrected chi connectivity index (χ3v) is 6.11. The van der Waals surface area contributed by atoms with Crippen molar-refractivity contribution in [2.75, 3.05) is 19.6 Å². The van der Waals surface area contributed by atoms with Crippen LogP contribution in [0.15, 0.2) is 54.6 Å². The zero-order valence-corrected chi connectivity index (χ0v) is 16.6. The van der Waals surface area contributed by atoms with Crippen molar-refractivity contribution in [2.45, 2.75) is 38.1 Å². The number of fused-ring (bicyclic) bond motifs is 4. The lowest BCUT2D eigenvalue weighted by molar-refractivity contribution is -0.135. The fraction of sp³-hybridized carbons (Fsp3) is 0.417. The number of carbonyl (C=O) groups is 2. The molecule has 0 aromatic heterocycles. The molecule has 0 aliphatic carbocycles. The van der Waals surface area contributed by atoms with Gasteiger partial charge in [-0.05, 0) is 61.4 Å². The van der Waals surface area contributed by atoms with Gasteiger partial charge in [-0.2, -0.15) is 0 Å². The highest BCUT2D eigenvalue weighted by atomic mass is 19.1. The van der Waals surface area contributed by atoms with E-state index in [4.69, 9.17) is 0 Å². The molecular weight excluding hydrogens is 367 g/mol. The summed E-state index contributed by atoms with van der Waals surface area (Å²) in [5.74, 6) is 0.353. The van der Waals surface area contributed by atoms with Crippen molar-refractivity contribution >= 4 is 11.8 Å². The van der Waals surface area contributed by atoms with Crippen LogP contribution in [0.25, 0.3) is 0 Å². The maximum atomic E-state index is 13.0. The third kappa shape index (κ3) is 4.66. The number of hydrogen-bond acceptors (Lipinski definition) is 2. The molecule has 2 amide bonds. The first-order valence-corrected chi connectivity index (χ1v) is 10.5. The molecule has 5 rings (SSSR count). The average Bonchev–Trinajstić information content (AvgIpc) is 3.07. The maximum absolute atomic E-state index is 13.0. The van der Waals surface area contributed by atoms with Gasteiger partial charge in [-0.25, -0.2) is 4.39 Å². The van der Waals surface area contributed by atoms with E-state index in [1.807, 2.05) is 40.1 Å². The summed E-state index contributed by atoms with van der Waals surface area (Å²) in [7, 11) is 0. The molecule has 0 saturated carbocycles. The van der Waals surface area contributed by atoms with Gasteiger partial charge in [0, 0.05) is 37.7 Å². The van der Waals surface area contributed by atoms with Crippen LogP contribution in [-0.2, 0) is 11.2 Å². The Morgan fingerprint density at radius 2 is 1.69 bits per heavy atom. The van der Waals surface area contributed by atoms with Crippen LogP contribution in [0.1, 0.15) is 41.6 Å². The van der Waals surface area contributed by atoms with Crippen LogP contribution in [0, 0.1) is 11.7 Å². The highest BCUT2D eigenvalue weighted by molar-refractivity contribution is 5.94. The SMILES string of the molecule is O=C(c1ccccc1)N1C[C@@H]2CC[C@H](C1)N(C(=O)CCCc1ccc(F)cc1)C2. The Balaban J connectivity index is 1.35. The topological polar surface area (TPSA) is 40.6 Å². The predicted octanol–water partition coefficient (Wildman–Crippen LogP) is 3.91. The number of benzene rings is 2. The van der Waals surface area contributed by atoms with Crippen LogP contribution in [0.2, 0.25) is 0 Å². The number of piperidine rings is 1. The van der Waals surface area contributed by atoms with Crippen molar-refractivity contribution in [2.24, 2.45) is 5.92 Å². The van der Waals surface area contributed by atoms with Crippen molar-refractivity contribution in [1.29, 1.82) is 0 Å². The second-order valence-corrected chi connectivity index (χ2v) is 8.20. The second-order valence-electron chi connectivity index (χ2n) is 8.20. The zero-order valence-electron chi connectivity index (χ0n) is 16.6. The Labute approximate surface area is 171 Å². The summed E-state index contributed by atoms with van der Waals surface area (Å²) in [4.78, 5) is 29.7. The summed E-state index contributed by atoms with van der Waals surface area (Å²) in [5, 5.41) is 0. The number of nitrogens with zero attached hydrogens (tertiary/aromatic N) is 2. The van der Waals surface area contributed by atoms with Crippen molar-refractivity contribution in [1.82, 2.24) is 9.80 Å². The molecule has 2 aromatic carbocycles. The van der Waals surface area contributed by atoms with E-state index >= 15 is 0 Å². The summed E-state index contributed by atoms with van der Waals surface area (Å²) in [6.45, 7) is 2.09. The van der Waals surface area contributed by atoms with Crippen LogP contribution in [-0.4, -0.2) is 47.3 Å². The predicted molar refractivity (Wildman–Crippen MR) is 110 cm³/mol. The Hall–Kier alpha value is -2.69. The molecule has 0 unspecified atom stereocenters. The minimum Gasteiger partial charge on any atom is -0.338 e. The summed E-state index contributed by atoms with van der Waals surface area (Å²) >= 11 is 0. The van der Waals surface area contributed by atoms with Crippen LogP contribution in [0.4, 0.5) is 4.39 Å². The summed E-state index contributed by atoms with van der Waals surface area (Å²) in [6.07, 6.45) is 4.06. The summed E-state index contributed by atoms with van der Waals surface area (Å²) in [6, 6.07) is 16.0. The van der Waals surface area contributed by atoms with Gasteiger partial charge in [-0.3, -0.25) is 9.59 Å². The van der Waals surface area contributed by atoms with Gasteiger partial charge in [0.15, 0.2) is 0 Å². The van der Waals surface area contributed by atoms with Crippen molar-refractivity contribution in [3.63, 3.8) is 0 Å². The highest BCUT2D eigenvalue weighted by Crippen LogP contribution is 2.29. The van der Waals surface area contributed by atoms with E-state index in [0.29, 0.717) is 24.4 Å². The fourth-order valence-electron chi connectivity index (χ4n) is 4.55. The molecule has 0 N–H and O–H groups in total. The van der Waals surface area contributed by atoms with Gasteiger partial charge in [0.05, 0.1) is 0 Å². The van der Waals surface area contributed by atoms with Crippen molar-refractivity contribution in [3.8, 4) is 0 Å². The van der Waals surface area contributed by atoms with E-state index in [1.165, 1.54) is 12.1 Å². The molecule has 0 spiro atoms. The summed E-state index contributed by atoms with van der Waals surface area (Å²) < 4.78 is 13.0. The molecule has 3 aliphatic heterocycles. The Kier molecular flexibility index (Phi) is 5.93. The normalized spacial score (nSPS) is 21.1. The van der Waals surface area contributed by atoms with E-state index in [9.17, 15) is 14.0 Å². The van der Waals surface area contributed by atoms with Crippen LogP contribution in [0.5, 0.6) is 0 Å². The molecule has 2 atom stereocenters. The number of carbonyl (C=O) groups excluding carboxylic acids is 2. The van der Waals surface area contributed by atoms with E-state index in [0.717, 1.165) is 44.3 Å². The van der Waals surface area contributed by atoms with Gasteiger partial charge in [0.2, 0.25) is 5.91 Å². The van der Waals surface area contributed by atoms with Crippen LogP contribution >= 0.6 is 0 Å². The second kappa shape index (κ2) is 8.76. The molecule has 3 saturated heterocycles. The van der Waals surface area contributed by atoms with Gasteiger partial charge in [0.1, 0.15) is 5.82 Å². The van der Waals surface area contributed by atoms with Gasteiger partial charge in [0.25, 0.3) is 5.91 Å². The highest BCUT2D eigenvalue weighted by Gasteiger charge is 2.38. The van der Waals surface area contributed by atoms with E-state index in [2.05, 4.69) is 0 Å². The lowest BCUT2D eigenvalue weighted by Crippen LogP contribution is -2.47. The van der Waals surface area contributed by atoms with Crippen LogP contribution in [0.3, 0.4) is 0 Å². The third-order valence-electron chi connectivity index (χ3n) is 6.11. The average molecular weight is 394 g/mol. The molecule has 4 nitrogen and oxygen atoms in total. The Morgan fingerprint density at radius 1 is 0.931 bits per heavy atom. The molecular formula is C24H27FN2O2. The van der Waals surface area contributed by atoms with Gasteiger partial charge < -0.3 is 9.80 Å². The van der Waals surface area contributed by atoms with E-state index in [1.54, 1.807) is 12.1 Å². The largest absolute Gasteiger partial charge is 0.338 e. The molecule has 3 heterocycles.